The fourth-order valence-corrected chi connectivity index (χ4v) is 1.25. The zero-order chi connectivity index (χ0) is 13.5. The van der Waals surface area contributed by atoms with Crippen LogP contribution < -0.4 is 10.1 Å². The monoisotopic (exact) mass is 248 g/mol. The Morgan fingerprint density at radius 2 is 2.22 bits per heavy atom. The zero-order valence-corrected chi connectivity index (χ0v) is 10.7. The van der Waals surface area contributed by atoms with Crippen LogP contribution in [-0.2, 0) is 0 Å². The van der Waals surface area contributed by atoms with E-state index in [0.29, 0.717) is 5.75 Å². The molecule has 1 aromatic rings. The number of nitrogens with one attached hydrogen (secondary N) is 1. The average molecular weight is 248 g/mol. The number of ether oxygens (including phenoxy) is 1. The van der Waals surface area contributed by atoms with Gasteiger partial charge >= 0.3 is 7.05 Å². The van der Waals surface area contributed by atoms with E-state index in [4.69, 9.17) is 9.76 Å². The zero-order valence-electron chi connectivity index (χ0n) is 10.7. The number of methoxy groups -OCH3 is 1. The summed E-state index contributed by atoms with van der Waals surface area (Å²) in [4.78, 5) is 0. The molecule has 0 aliphatic heterocycles. The van der Waals surface area contributed by atoms with Gasteiger partial charge in [0.05, 0.1) is 12.8 Å². The summed E-state index contributed by atoms with van der Waals surface area (Å²) >= 11 is 0. The minimum absolute atomic E-state index is 0.107. The summed E-state index contributed by atoms with van der Waals surface area (Å²) in [6.07, 6.45) is 3.63. The first-order valence-corrected chi connectivity index (χ1v) is 5.56. The van der Waals surface area contributed by atoms with Gasteiger partial charge in [0.2, 0.25) is 0 Å². The van der Waals surface area contributed by atoms with E-state index < -0.39 is 7.05 Å². The molecule has 0 fully saturated rings. The molecule has 1 rings (SSSR count). The number of hydrogen-bond acceptors (Lipinski definition) is 5. The van der Waals surface area contributed by atoms with Crippen LogP contribution in [0, 0.1) is 0 Å². The second-order valence-corrected chi connectivity index (χ2v) is 3.82. The summed E-state index contributed by atoms with van der Waals surface area (Å²) in [6, 6.07) is 5.06. The lowest BCUT2D eigenvalue weighted by Gasteiger charge is -2.03. The number of allylic oxidation sites excluding steroid dienone is 1. The van der Waals surface area contributed by atoms with Gasteiger partial charge in [-0.3, -0.25) is 0 Å². The Labute approximate surface area is 107 Å². The molecule has 0 heterocycles. The second kappa shape index (κ2) is 6.71. The molecule has 0 aliphatic rings. The van der Waals surface area contributed by atoms with Crippen LogP contribution in [-0.4, -0.2) is 30.0 Å². The van der Waals surface area contributed by atoms with E-state index in [1.165, 1.54) is 7.11 Å². The minimum atomic E-state index is -0.679. The van der Waals surface area contributed by atoms with Gasteiger partial charge in [-0.2, -0.15) is 5.10 Å². The van der Waals surface area contributed by atoms with E-state index in [2.05, 4.69) is 10.4 Å². The van der Waals surface area contributed by atoms with Gasteiger partial charge in [0, 0.05) is 0 Å². The quantitative estimate of drug-likeness (QED) is 0.419. The lowest BCUT2D eigenvalue weighted by molar-refractivity contribution is 0.373. The number of rotatable bonds is 5. The molecule has 96 valence electrons. The number of phenols is 1. The van der Waals surface area contributed by atoms with Crippen molar-refractivity contribution in [2.45, 2.75) is 13.7 Å². The molecular formula is C12H17BN2O3. The summed E-state index contributed by atoms with van der Waals surface area (Å²) in [7, 11) is 0.823. The smallest absolute Gasteiger partial charge is 0.423 e. The summed E-state index contributed by atoms with van der Waals surface area (Å²) in [5.41, 5.74) is 1.61. The molecule has 0 aromatic heterocycles. The molecule has 0 aliphatic carbocycles. The van der Waals surface area contributed by atoms with E-state index in [9.17, 15) is 5.11 Å². The number of hydrazone groups is 1. The van der Waals surface area contributed by atoms with Crippen LogP contribution in [0.15, 0.2) is 29.4 Å². The Morgan fingerprint density at radius 1 is 1.50 bits per heavy atom. The van der Waals surface area contributed by atoms with E-state index in [1.807, 2.05) is 13.0 Å². The highest BCUT2D eigenvalue weighted by Gasteiger charge is 2.00. The van der Waals surface area contributed by atoms with Gasteiger partial charge in [-0.15, -0.1) is 0 Å². The number of phenolic OH excluding ortho intramolecular Hbond substituents is 1. The van der Waals surface area contributed by atoms with Gasteiger partial charge in [0.25, 0.3) is 0 Å². The maximum atomic E-state index is 9.45. The molecule has 3 N–H and O–H groups in total. The molecular weight excluding hydrogens is 231 g/mol. The summed E-state index contributed by atoms with van der Waals surface area (Å²) < 4.78 is 5.01. The third kappa shape index (κ3) is 4.51. The van der Waals surface area contributed by atoms with Crippen LogP contribution in [0.5, 0.6) is 11.5 Å². The molecule has 5 nitrogen and oxygen atoms in total. The highest BCUT2D eigenvalue weighted by molar-refractivity contribution is 6.45. The van der Waals surface area contributed by atoms with Crippen molar-refractivity contribution < 1.29 is 14.9 Å². The van der Waals surface area contributed by atoms with Crippen LogP contribution in [0.2, 0.25) is 6.82 Å². The SMILES string of the molecule is COc1cc(/C=C/C(C)=N/NB(C)O)ccc1O. The first-order chi connectivity index (χ1) is 8.52. The van der Waals surface area contributed by atoms with Crippen molar-refractivity contribution in [3.8, 4) is 11.5 Å². The van der Waals surface area contributed by atoms with E-state index in [1.54, 1.807) is 31.1 Å². The second-order valence-electron chi connectivity index (χ2n) is 3.82. The molecule has 0 bridgehead atoms. The van der Waals surface area contributed by atoms with Gasteiger partial charge in [-0.05, 0) is 37.5 Å². The van der Waals surface area contributed by atoms with E-state index >= 15 is 0 Å². The summed E-state index contributed by atoms with van der Waals surface area (Å²) in [5.74, 6) is 0.532. The molecule has 6 heteroatoms. The van der Waals surface area contributed by atoms with Crippen LogP contribution in [0.4, 0.5) is 0 Å². The molecule has 18 heavy (non-hydrogen) atoms. The normalized spacial score (nSPS) is 11.7. The molecule has 0 amide bonds. The Balaban J connectivity index is 2.75. The Morgan fingerprint density at radius 3 is 2.83 bits per heavy atom. The fraction of sp³-hybridized carbons (Fsp3) is 0.250. The van der Waals surface area contributed by atoms with Gasteiger partial charge in [0.15, 0.2) is 11.5 Å². The van der Waals surface area contributed by atoms with E-state index in [-0.39, 0.29) is 5.75 Å². The van der Waals surface area contributed by atoms with Crippen LogP contribution in [0.1, 0.15) is 12.5 Å². The van der Waals surface area contributed by atoms with Crippen molar-refractivity contribution in [3.63, 3.8) is 0 Å². The highest BCUT2D eigenvalue weighted by atomic mass is 16.5. The summed E-state index contributed by atoms with van der Waals surface area (Å²) in [5, 5.41) is 24.9. The van der Waals surface area contributed by atoms with Crippen LogP contribution in [0.3, 0.4) is 0 Å². The Bertz CT molecular complexity index is 459. The van der Waals surface area contributed by atoms with Gasteiger partial charge in [-0.1, -0.05) is 12.1 Å². The highest BCUT2D eigenvalue weighted by Crippen LogP contribution is 2.26. The molecule has 0 radical (unpaired) electrons. The van der Waals surface area contributed by atoms with Crippen molar-refractivity contribution in [3.05, 3.63) is 29.8 Å². The van der Waals surface area contributed by atoms with Crippen LogP contribution >= 0.6 is 0 Å². The standard InChI is InChI=1S/C12H17BN2O3/c1-9(14-15-13(2)17)4-5-10-6-7-11(16)12(8-10)18-3/h4-8,15-17H,1-3H3/b5-4+,14-9+. The largest absolute Gasteiger partial charge is 0.504 e. The lowest BCUT2D eigenvalue weighted by Crippen LogP contribution is -2.25. The van der Waals surface area contributed by atoms with Gasteiger partial charge in [-0.25, -0.2) is 0 Å². The Hall–Kier alpha value is -1.95. The third-order valence-corrected chi connectivity index (χ3v) is 2.15. The van der Waals surface area contributed by atoms with Crippen molar-refractivity contribution in [2.75, 3.05) is 7.11 Å². The molecule has 1 aromatic carbocycles. The average Bonchev–Trinajstić information content (AvgIpc) is 2.35. The Kier molecular flexibility index (Phi) is 5.26. The van der Waals surface area contributed by atoms with Crippen molar-refractivity contribution >= 4 is 18.8 Å². The van der Waals surface area contributed by atoms with Crippen molar-refractivity contribution in [1.82, 2.24) is 5.34 Å². The predicted molar refractivity (Wildman–Crippen MR) is 73.8 cm³/mol. The number of hydrogen-bond donors (Lipinski definition) is 3. The summed E-state index contributed by atoms with van der Waals surface area (Å²) in [6.45, 7) is 3.40. The number of benzene rings is 1. The molecule has 0 unspecified atom stereocenters. The topological polar surface area (TPSA) is 74.1 Å². The first-order valence-electron chi connectivity index (χ1n) is 5.56. The molecule has 0 saturated heterocycles. The molecule has 0 spiro atoms. The van der Waals surface area contributed by atoms with Crippen LogP contribution in [0.25, 0.3) is 6.08 Å². The predicted octanol–water partition coefficient (Wildman–Crippen LogP) is 1.49. The first kappa shape index (κ1) is 14.1. The lowest BCUT2D eigenvalue weighted by atomic mass is 9.91. The minimum Gasteiger partial charge on any atom is -0.504 e. The van der Waals surface area contributed by atoms with Gasteiger partial charge in [0.1, 0.15) is 0 Å². The molecule has 0 atom stereocenters. The van der Waals surface area contributed by atoms with E-state index in [0.717, 1.165) is 11.3 Å². The fourth-order valence-electron chi connectivity index (χ4n) is 1.25. The van der Waals surface area contributed by atoms with Crippen molar-refractivity contribution in [1.29, 1.82) is 0 Å². The third-order valence-electron chi connectivity index (χ3n) is 2.15. The number of aromatic hydroxyl groups is 1. The maximum absolute atomic E-state index is 9.45. The molecule has 0 saturated carbocycles. The van der Waals surface area contributed by atoms with Crippen molar-refractivity contribution in [2.24, 2.45) is 5.10 Å². The number of nitrogens with zero attached hydrogens (tertiary/aromatic N) is 1. The van der Waals surface area contributed by atoms with Gasteiger partial charge < -0.3 is 20.2 Å². The maximum Gasteiger partial charge on any atom is 0.423 e.